The fraction of sp³-hybridized carbons (Fsp3) is 0.333. The molecule has 2 unspecified atom stereocenters. The average molecular weight is 190 g/mol. The van der Waals surface area contributed by atoms with E-state index in [9.17, 15) is 0 Å². The van der Waals surface area contributed by atoms with Gasteiger partial charge in [0.25, 0.3) is 0 Å². The molecule has 0 aliphatic carbocycles. The highest BCUT2D eigenvalue weighted by atomic mass is 14.8. The van der Waals surface area contributed by atoms with Gasteiger partial charge in [-0.2, -0.15) is 0 Å². The van der Waals surface area contributed by atoms with Crippen molar-refractivity contribution >= 4 is 10.9 Å². The maximum atomic E-state index is 8.05. The van der Waals surface area contributed by atoms with Crippen LogP contribution in [0.15, 0.2) is 30.5 Å². The summed E-state index contributed by atoms with van der Waals surface area (Å²) in [6.45, 7) is 2.08. The van der Waals surface area contributed by atoms with Crippen LogP contribution in [0.3, 0.4) is 0 Å². The monoisotopic (exact) mass is 190 g/mol. The first kappa shape index (κ1) is 7.07. The Morgan fingerprint density at radius 1 is 1.43 bits per heavy atom. The van der Waals surface area contributed by atoms with Gasteiger partial charge in [0.05, 0.1) is 0 Å². The van der Waals surface area contributed by atoms with Crippen LogP contribution in [0.25, 0.3) is 10.9 Å². The second-order valence-corrected chi connectivity index (χ2v) is 3.18. The first-order valence-corrected chi connectivity index (χ1v) is 4.88. The molecule has 2 nitrogen and oxygen atoms in total. The number of aryl methyl sites for hydroxylation is 1. The van der Waals surface area contributed by atoms with E-state index in [4.69, 9.17) is 2.74 Å². The minimum Gasteiger partial charge on any atom is -0.361 e. The molecule has 0 saturated carbocycles. The van der Waals surface area contributed by atoms with Gasteiger partial charge < -0.3 is 10.3 Å². The molecule has 2 rings (SSSR count). The number of aromatic amines is 1. The van der Waals surface area contributed by atoms with E-state index in [0.717, 1.165) is 16.5 Å². The molecule has 0 amide bonds. The molecular formula is C12H16N2. The third-order valence-electron chi connectivity index (χ3n) is 2.21. The summed E-state index contributed by atoms with van der Waals surface area (Å²) in [6, 6.07) is 7.89. The van der Waals surface area contributed by atoms with Crippen molar-refractivity contribution in [1.82, 2.24) is 10.3 Å². The van der Waals surface area contributed by atoms with Gasteiger partial charge in [-0.3, -0.25) is 0 Å². The Labute approximate surface area is 87.1 Å². The summed E-state index contributed by atoms with van der Waals surface area (Å²) < 4.78 is 15.9. The smallest absolute Gasteiger partial charge is 0.0456 e. The molecule has 0 aliphatic rings. The first-order valence-electron chi connectivity index (χ1n) is 6.03. The highest BCUT2D eigenvalue weighted by Gasteiger charge is 2.00. The molecule has 1 aromatic heterocycles. The van der Waals surface area contributed by atoms with E-state index in [1.165, 1.54) is 0 Å². The summed E-state index contributed by atoms with van der Waals surface area (Å²) in [4.78, 5) is 3.13. The van der Waals surface area contributed by atoms with Crippen molar-refractivity contribution in [1.29, 1.82) is 0 Å². The second kappa shape index (κ2) is 4.29. The van der Waals surface area contributed by atoms with E-state index in [2.05, 4.69) is 10.3 Å². The van der Waals surface area contributed by atoms with Gasteiger partial charge >= 0.3 is 0 Å². The van der Waals surface area contributed by atoms with Crippen LogP contribution in [0, 0.1) is 0 Å². The largest absolute Gasteiger partial charge is 0.361 e. The third-order valence-corrected chi connectivity index (χ3v) is 2.21. The van der Waals surface area contributed by atoms with Crippen molar-refractivity contribution in [3.63, 3.8) is 0 Å². The molecule has 2 atom stereocenters. The molecule has 0 bridgehead atoms. The van der Waals surface area contributed by atoms with E-state index in [1.807, 2.05) is 37.4 Å². The zero-order valence-electron chi connectivity index (χ0n) is 10.2. The molecule has 0 aliphatic heterocycles. The van der Waals surface area contributed by atoms with E-state index in [1.54, 1.807) is 0 Å². The Morgan fingerprint density at radius 2 is 2.29 bits per heavy atom. The van der Waals surface area contributed by atoms with Crippen molar-refractivity contribution < 1.29 is 2.74 Å². The molecule has 0 saturated heterocycles. The van der Waals surface area contributed by atoms with Gasteiger partial charge in [0.15, 0.2) is 0 Å². The first-order chi connectivity index (χ1) is 7.74. The molecule has 0 fully saturated rings. The van der Waals surface area contributed by atoms with E-state index < -0.39 is 12.9 Å². The lowest BCUT2D eigenvalue weighted by Gasteiger charge is -1.99. The van der Waals surface area contributed by atoms with Crippen LogP contribution in [-0.4, -0.2) is 18.0 Å². The number of H-pyrrole nitrogens is 1. The van der Waals surface area contributed by atoms with Gasteiger partial charge in [-0.15, -0.1) is 0 Å². The van der Waals surface area contributed by atoms with Crippen molar-refractivity contribution in [2.45, 2.75) is 13.3 Å². The second-order valence-electron chi connectivity index (χ2n) is 3.18. The molecule has 0 spiro atoms. The van der Waals surface area contributed by atoms with E-state index in [-0.39, 0.29) is 0 Å². The van der Waals surface area contributed by atoms with Crippen LogP contribution in [0.2, 0.25) is 0 Å². The lowest BCUT2D eigenvalue weighted by molar-refractivity contribution is 0.718. The number of fused-ring (bicyclic) bond motifs is 1. The van der Waals surface area contributed by atoms with Gasteiger partial charge in [-0.25, -0.2) is 0 Å². The topological polar surface area (TPSA) is 27.8 Å². The molecule has 14 heavy (non-hydrogen) atoms. The lowest BCUT2D eigenvalue weighted by Crippen LogP contribution is -2.15. The Balaban J connectivity index is 2.32. The summed E-state index contributed by atoms with van der Waals surface area (Å²) in [7, 11) is 0. The van der Waals surface area contributed by atoms with Crippen molar-refractivity contribution in [3.05, 3.63) is 36.0 Å². The predicted molar refractivity (Wildman–Crippen MR) is 60.5 cm³/mol. The maximum absolute atomic E-state index is 8.05. The zero-order valence-corrected chi connectivity index (χ0v) is 8.25. The van der Waals surface area contributed by atoms with Gasteiger partial charge in [-0.1, -0.05) is 25.1 Å². The Hall–Kier alpha value is -1.28. The number of hydrogen-bond donors (Lipinski definition) is 2. The van der Waals surface area contributed by atoms with Crippen LogP contribution >= 0.6 is 0 Å². The Bertz CT molecular complexity index is 467. The van der Waals surface area contributed by atoms with Crippen molar-refractivity contribution in [2.75, 3.05) is 13.1 Å². The molecule has 2 aromatic rings. The molecule has 2 N–H and O–H groups in total. The average Bonchev–Trinajstić information content (AvgIpc) is 2.72. The maximum Gasteiger partial charge on any atom is 0.0456 e. The number of aromatic nitrogens is 1. The molecular weight excluding hydrogens is 172 g/mol. The quantitative estimate of drug-likeness (QED) is 0.760. The molecule has 2 heteroatoms. The fourth-order valence-corrected chi connectivity index (χ4v) is 1.50. The third kappa shape index (κ3) is 1.80. The number of likely N-dealkylation sites (N-methyl/N-ethyl adjacent to an activating group) is 1. The van der Waals surface area contributed by atoms with Gasteiger partial charge in [0.1, 0.15) is 0 Å². The molecule has 0 radical (unpaired) electrons. The Morgan fingerprint density at radius 3 is 3.14 bits per heavy atom. The van der Waals surface area contributed by atoms with E-state index >= 15 is 0 Å². The summed E-state index contributed by atoms with van der Waals surface area (Å²) in [5.74, 6) is 0. The van der Waals surface area contributed by atoms with Crippen LogP contribution in [0.5, 0.6) is 0 Å². The molecule has 1 heterocycles. The SMILES string of the molecule is [2H]C(NCC)C([2H])c1c[nH]c2ccccc12. The van der Waals surface area contributed by atoms with Crippen molar-refractivity contribution in [3.8, 4) is 0 Å². The van der Waals surface area contributed by atoms with Crippen molar-refractivity contribution in [2.24, 2.45) is 0 Å². The summed E-state index contributed by atoms with van der Waals surface area (Å²) in [6.07, 6.45) is 1.28. The van der Waals surface area contributed by atoms with Crippen LogP contribution in [-0.2, 0) is 6.40 Å². The normalized spacial score (nSPS) is 17.5. The zero-order chi connectivity index (χ0) is 11.5. The van der Waals surface area contributed by atoms with Crippen LogP contribution < -0.4 is 5.32 Å². The van der Waals surface area contributed by atoms with Gasteiger partial charge in [-0.05, 0) is 31.1 Å². The van der Waals surface area contributed by atoms with Gasteiger partial charge in [0, 0.05) is 19.8 Å². The lowest BCUT2D eigenvalue weighted by atomic mass is 10.1. The Kier molecular flexibility index (Phi) is 2.17. The number of para-hydroxylation sites is 1. The number of benzene rings is 1. The fourth-order valence-electron chi connectivity index (χ4n) is 1.50. The molecule has 1 aromatic carbocycles. The standard InChI is InChI=1S/C12H16N2/c1-2-13-8-7-10-9-14-12-6-4-3-5-11(10)12/h3-6,9,13-14H,2,7-8H2,1H3/i7D,8D. The minimum atomic E-state index is -0.579. The number of nitrogens with one attached hydrogen (secondary N) is 2. The summed E-state index contributed by atoms with van der Waals surface area (Å²) >= 11 is 0. The highest BCUT2D eigenvalue weighted by molar-refractivity contribution is 5.83. The molecule has 74 valence electrons. The summed E-state index contributed by atoms with van der Waals surface area (Å²) in [5, 5.41) is 4.00. The van der Waals surface area contributed by atoms with E-state index in [0.29, 0.717) is 6.54 Å². The van der Waals surface area contributed by atoms with Crippen LogP contribution in [0.1, 0.15) is 15.2 Å². The van der Waals surface area contributed by atoms with Gasteiger partial charge in [0.2, 0.25) is 0 Å². The van der Waals surface area contributed by atoms with Crippen LogP contribution in [0.4, 0.5) is 0 Å². The summed E-state index contributed by atoms with van der Waals surface area (Å²) in [5.41, 5.74) is 1.91. The number of hydrogen-bond acceptors (Lipinski definition) is 1. The highest BCUT2D eigenvalue weighted by Crippen LogP contribution is 2.17. The number of rotatable bonds is 4. The minimum absolute atomic E-state index is 0.559. The predicted octanol–water partition coefficient (Wildman–Crippen LogP) is 2.32.